The van der Waals surface area contributed by atoms with Crippen LogP contribution in [0.5, 0.6) is 0 Å². The molecule has 1 aliphatic carbocycles. The minimum Gasteiger partial charge on any atom is -0.356 e. The van der Waals surface area contributed by atoms with E-state index in [4.69, 9.17) is 0 Å². The molecule has 1 aliphatic heterocycles. The Labute approximate surface area is 122 Å². The van der Waals surface area contributed by atoms with Crippen LogP contribution in [0.2, 0.25) is 0 Å². The van der Waals surface area contributed by atoms with E-state index in [1.165, 1.54) is 38.5 Å². The summed E-state index contributed by atoms with van der Waals surface area (Å²) in [4.78, 5) is 6.63. The molecule has 0 amide bonds. The number of nitrogens with zero attached hydrogens (tertiary/aromatic N) is 2. The minimum absolute atomic E-state index is 0. The highest BCUT2D eigenvalue weighted by Gasteiger charge is 2.11. The fourth-order valence-electron chi connectivity index (χ4n) is 2.37. The highest BCUT2D eigenvalue weighted by Crippen LogP contribution is 2.19. The number of halogens is 1. The second kappa shape index (κ2) is 7.95. The van der Waals surface area contributed by atoms with E-state index in [1.54, 1.807) is 5.57 Å². The van der Waals surface area contributed by atoms with Crippen LogP contribution in [-0.2, 0) is 0 Å². The maximum Gasteiger partial charge on any atom is 0.193 e. The highest BCUT2D eigenvalue weighted by atomic mass is 127. The van der Waals surface area contributed by atoms with Gasteiger partial charge in [0, 0.05) is 20.1 Å². The lowest BCUT2D eigenvalue weighted by atomic mass is 10.1. The van der Waals surface area contributed by atoms with Gasteiger partial charge in [-0.1, -0.05) is 18.1 Å². The molecule has 0 radical (unpaired) electrons. The number of guanidine groups is 1. The third-order valence-electron chi connectivity index (χ3n) is 3.42. The lowest BCUT2D eigenvalue weighted by Crippen LogP contribution is -2.36. The summed E-state index contributed by atoms with van der Waals surface area (Å²) in [7, 11) is 2.10. The Hall–Kier alpha value is -0.260. The van der Waals surface area contributed by atoms with Gasteiger partial charge in [-0.15, -0.1) is 24.0 Å². The predicted molar refractivity (Wildman–Crippen MR) is 84.1 cm³/mol. The summed E-state index contributed by atoms with van der Waals surface area (Å²) in [5, 5.41) is 3.43. The molecule has 0 unspecified atom stereocenters. The van der Waals surface area contributed by atoms with Crippen molar-refractivity contribution in [2.24, 2.45) is 4.99 Å². The monoisotopic (exact) mass is 349 g/mol. The van der Waals surface area contributed by atoms with E-state index in [9.17, 15) is 0 Å². The predicted octanol–water partition coefficient (Wildman–Crippen LogP) is 2.78. The molecular formula is C13H24IN3. The molecule has 0 saturated heterocycles. The summed E-state index contributed by atoms with van der Waals surface area (Å²) in [5.41, 5.74) is 1.64. The van der Waals surface area contributed by atoms with Crippen molar-refractivity contribution >= 4 is 29.9 Å². The van der Waals surface area contributed by atoms with Gasteiger partial charge in [-0.3, -0.25) is 4.99 Å². The molecule has 17 heavy (non-hydrogen) atoms. The van der Waals surface area contributed by atoms with Crippen LogP contribution >= 0.6 is 24.0 Å². The summed E-state index contributed by atoms with van der Waals surface area (Å²) >= 11 is 0. The van der Waals surface area contributed by atoms with Gasteiger partial charge in [0.15, 0.2) is 5.96 Å². The number of aliphatic imine (C=N–C) groups is 1. The molecule has 0 saturated carbocycles. The summed E-state index contributed by atoms with van der Waals surface area (Å²) in [6, 6.07) is 0. The first-order chi connectivity index (χ1) is 7.86. The quantitative estimate of drug-likeness (QED) is 0.627. The maximum absolute atomic E-state index is 4.43. The van der Waals surface area contributed by atoms with Gasteiger partial charge in [-0.25, -0.2) is 0 Å². The largest absolute Gasteiger partial charge is 0.356 e. The normalized spacial score (nSPS) is 20.2. The van der Waals surface area contributed by atoms with Crippen molar-refractivity contribution in [3.63, 3.8) is 0 Å². The van der Waals surface area contributed by atoms with Gasteiger partial charge in [0.25, 0.3) is 0 Å². The van der Waals surface area contributed by atoms with Crippen LogP contribution in [-0.4, -0.2) is 37.5 Å². The molecule has 0 aromatic heterocycles. The van der Waals surface area contributed by atoms with Crippen molar-refractivity contribution in [1.29, 1.82) is 0 Å². The molecule has 3 nitrogen and oxygen atoms in total. The van der Waals surface area contributed by atoms with Crippen molar-refractivity contribution in [2.45, 2.75) is 38.5 Å². The summed E-state index contributed by atoms with van der Waals surface area (Å²) in [6.45, 7) is 3.04. The van der Waals surface area contributed by atoms with Crippen molar-refractivity contribution in [1.82, 2.24) is 10.2 Å². The topological polar surface area (TPSA) is 27.6 Å². The van der Waals surface area contributed by atoms with Crippen molar-refractivity contribution < 1.29 is 0 Å². The van der Waals surface area contributed by atoms with Crippen molar-refractivity contribution in [3.05, 3.63) is 11.6 Å². The molecular weight excluding hydrogens is 325 g/mol. The van der Waals surface area contributed by atoms with Crippen LogP contribution in [0.4, 0.5) is 0 Å². The molecule has 4 heteroatoms. The zero-order valence-electron chi connectivity index (χ0n) is 10.7. The molecule has 0 aromatic rings. The van der Waals surface area contributed by atoms with Crippen LogP contribution in [0.3, 0.4) is 0 Å². The molecule has 0 aromatic carbocycles. The number of rotatable bonds is 3. The Morgan fingerprint density at radius 2 is 2.24 bits per heavy atom. The maximum atomic E-state index is 4.43. The van der Waals surface area contributed by atoms with Gasteiger partial charge in [-0.2, -0.15) is 0 Å². The molecule has 98 valence electrons. The summed E-state index contributed by atoms with van der Waals surface area (Å²) in [6.07, 6.45) is 10.4. The molecule has 0 fully saturated rings. The Morgan fingerprint density at radius 1 is 1.35 bits per heavy atom. The van der Waals surface area contributed by atoms with E-state index < -0.39 is 0 Å². The average molecular weight is 349 g/mol. The molecule has 2 rings (SSSR count). The summed E-state index contributed by atoms with van der Waals surface area (Å²) < 4.78 is 0. The van der Waals surface area contributed by atoms with Crippen LogP contribution in [0, 0.1) is 0 Å². The lowest BCUT2D eigenvalue weighted by Gasteiger charge is -2.15. The molecule has 2 aliphatic rings. The fourth-order valence-corrected chi connectivity index (χ4v) is 2.37. The van der Waals surface area contributed by atoms with Crippen LogP contribution < -0.4 is 5.32 Å². The minimum atomic E-state index is 0. The number of hydrogen-bond donors (Lipinski definition) is 1. The van der Waals surface area contributed by atoms with E-state index in [-0.39, 0.29) is 24.0 Å². The third kappa shape index (κ3) is 4.85. The Balaban J connectivity index is 0.00000144. The highest BCUT2D eigenvalue weighted by molar-refractivity contribution is 14.0. The number of hydrogen-bond acceptors (Lipinski definition) is 3. The van der Waals surface area contributed by atoms with Gasteiger partial charge < -0.3 is 10.2 Å². The van der Waals surface area contributed by atoms with Gasteiger partial charge in [0.05, 0.1) is 6.54 Å². The lowest BCUT2D eigenvalue weighted by molar-refractivity contribution is 0.534. The first kappa shape index (κ1) is 14.8. The standard InChI is InChI=1S/C13H23N3.HI/c1-16-11-10-15-13(16)14-9-8-12-6-4-2-3-5-7-12;/h6H,2-5,7-11H2,1H3,(H,14,15);1H. The van der Waals surface area contributed by atoms with E-state index in [0.717, 1.165) is 25.6 Å². The van der Waals surface area contributed by atoms with Crippen LogP contribution in [0.1, 0.15) is 38.5 Å². The van der Waals surface area contributed by atoms with Gasteiger partial charge in [0.2, 0.25) is 0 Å². The molecule has 1 heterocycles. The first-order valence-electron chi connectivity index (χ1n) is 6.53. The zero-order chi connectivity index (χ0) is 11.2. The Morgan fingerprint density at radius 3 is 3.00 bits per heavy atom. The van der Waals surface area contributed by atoms with Crippen molar-refractivity contribution in [3.8, 4) is 0 Å². The second-order valence-corrected chi connectivity index (χ2v) is 4.77. The summed E-state index contributed by atoms with van der Waals surface area (Å²) in [5.74, 6) is 1.08. The Kier molecular flexibility index (Phi) is 6.92. The Bertz CT molecular complexity index is 286. The zero-order valence-corrected chi connectivity index (χ0v) is 13.1. The molecule has 0 bridgehead atoms. The van der Waals surface area contributed by atoms with Crippen LogP contribution in [0.15, 0.2) is 16.6 Å². The number of nitrogens with one attached hydrogen (secondary N) is 1. The van der Waals surface area contributed by atoms with Crippen molar-refractivity contribution in [2.75, 3.05) is 26.7 Å². The number of allylic oxidation sites excluding steroid dienone is 1. The molecule has 0 spiro atoms. The number of likely N-dealkylation sites (N-methyl/N-ethyl adjacent to an activating group) is 1. The van der Waals surface area contributed by atoms with E-state index >= 15 is 0 Å². The first-order valence-corrected chi connectivity index (χ1v) is 6.53. The van der Waals surface area contributed by atoms with E-state index in [0.29, 0.717) is 0 Å². The SMILES string of the molecule is CN1CCN=C1NCCC1=CCCCCC1.I. The smallest absolute Gasteiger partial charge is 0.193 e. The fraction of sp³-hybridized carbons (Fsp3) is 0.769. The second-order valence-electron chi connectivity index (χ2n) is 4.77. The average Bonchev–Trinajstić information content (AvgIpc) is 2.55. The van der Waals surface area contributed by atoms with E-state index in [1.807, 2.05) is 0 Å². The molecule has 1 N–H and O–H groups in total. The van der Waals surface area contributed by atoms with Gasteiger partial charge in [-0.05, 0) is 32.1 Å². The van der Waals surface area contributed by atoms with Crippen LogP contribution in [0.25, 0.3) is 0 Å². The molecule has 0 atom stereocenters. The van der Waals surface area contributed by atoms with Gasteiger partial charge in [0.1, 0.15) is 0 Å². The third-order valence-corrected chi connectivity index (χ3v) is 3.42. The van der Waals surface area contributed by atoms with Gasteiger partial charge >= 0.3 is 0 Å². The van der Waals surface area contributed by atoms with E-state index in [2.05, 4.69) is 28.3 Å².